The van der Waals surface area contributed by atoms with E-state index in [0.717, 1.165) is 5.56 Å². The second kappa shape index (κ2) is 9.58. The van der Waals surface area contributed by atoms with Crippen LogP contribution in [0.3, 0.4) is 0 Å². The van der Waals surface area contributed by atoms with Crippen LogP contribution < -0.4 is 10.6 Å². The van der Waals surface area contributed by atoms with Crippen LogP contribution in [-0.4, -0.2) is 56.0 Å². The summed E-state index contributed by atoms with van der Waals surface area (Å²) in [5.41, 5.74) is 0.422. The van der Waals surface area contributed by atoms with Gasteiger partial charge in [-0.1, -0.05) is 17.7 Å². The van der Waals surface area contributed by atoms with Crippen LogP contribution in [0.1, 0.15) is 45.6 Å². The summed E-state index contributed by atoms with van der Waals surface area (Å²) in [7, 11) is -3.51. The van der Waals surface area contributed by atoms with Crippen LogP contribution >= 0.6 is 0 Å². The average Bonchev–Trinajstić information content (AvgIpc) is 2.61. The topological polar surface area (TPSA) is 105 Å². The summed E-state index contributed by atoms with van der Waals surface area (Å²) in [6.07, 6.45) is 0.688. The van der Waals surface area contributed by atoms with Crippen LogP contribution in [0.5, 0.6) is 0 Å². The van der Waals surface area contributed by atoms with Gasteiger partial charge in [0.05, 0.1) is 4.90 Å². The first-order chi connectivity index (χ1) is 13.5. The number of benzene rings is 1. The van der Waals surface area contributed by atoms with Crippen molar-refractivity contribution in [2.45, 2.75) is 63.5 Å². The molecule has 0 bridgehead atoms. The van der Waals surface area contributed by atoms with Crippen molar-refractivity contribution in [3.63, 3.8) is 0 Å². The van der Waals surface area contributed by atoms with Crippen molar-refractivity contribution in [2.24, 2.45) is 0 Å². The number of alkyl carbamates (subject to hydrolysis) is 1. The second-order valence-electron chi connectivity index (χ2n) is 8.24. The Kier molecular flexibility index (Phi) is 7.65. The van der Waals surface area contributed by atoms with Crippen molar-refractivity contribution in [3.8, 4) is 0 Å². The molecule has 1 aliphatic rings. The highest BCUT2D eigenvalue weighted by Crippen LogP contribution is 2.21. The predicted molar refractivity (Wildman–Crippen MR) is 110 cm³/mol. The maximum absolute atomic E-state index is 12.7. The number of nitrogens with one attached hydrogen (secondary N) is 2. The van der Waals surface area contributed by atoms with E-state index >= 15 is 0 Å². The van der Waals surface area contributed by atoms with E-state index in [4.69, 9.17) is 4.74 Å². The van der Waals surface area contributed by atoms with E-state index in [0.29, 0.717) is 30.8 Å². The van der Waals surface area contributed by atoms with Gasteiger partial charge in [0, 0.05) is 32.1 Å². The van der Waals surface area contributed by atoms with Gasteiger partial charge < -0.3 is 15.4 Å². The highest BCUT2D eigenvalue weighted by atomic mass is 32.2. The van der Waals surface area contributed by atoms with Crippen LogP contribution in [0.2, 0.25) is 0 Å². The lowest BCUT2D eigenvalue weighted by Crippen LogP contribution is -2.47. The zero-order valence-corrected chi connectivity index (χ0v) is 18.3. The third-order valence-electron chi connectivity index (χ3n) is 4.50. The number of aryl methyl sites for hydroxylation is 1. The number of ether oxygens (including phenoxy) is 1. The van der Waals surface area contributed by atoms with Crippen molar-refractivity contribution in [1.29, 1.82) is 0 Å². The molecule has 0 radical (unpaired) electrons. The number of carbonyl (C=O) groups excluding carboxylic acids is 2. The van der Waals surface area contributed by atoms with Gasteiger partial charge in [0.25, 0.3) is 0 Å². The van der Waals surface area contributed by atoms with Crippen molar-refractivity contribution in [2.75, 3.05) is 19.6 Å². The zero-order valence-electron chi connectivity index (χ0n) is 17.5. The number of rotatable bonds is 6. The molecule has 8 nitrogen and oxygen atoms in total. The number of amides is 2. The molecule has 2 rings (SSSR count). The Labute approximate surface area is 173 Å². The van der Waals surface area contributed by atoms with Gasteiger partial charge >= 0.3 is 6.09 Å². The molecule has 2 N–H and O–H groups in total. The Morgan fingerprint density at radius 3 is 2.28 bits per heavy atom. The van der Waals surface area contributed by atoms with Crippen molar-refractivity contribution >= 4 is 22.0 Å². The molecule has 0 saturated carbocycles. The van der Waals surface area contributed by atoms with E-state index in [-0.39, 0.29) is 24.9 Å². The van der Waals surface area contributed by atoms with Gasteiger partial charge in [0.15, 0.2) is 0 Å². The number of nitrogens with zero attached hydrogens (tertiary/aromatic N) is 1. The lowest BCUT2D eigenvalue weighted by atomic mass is 10.1. The summed E-state index contributed by atoms with van der Waals surface area (Å²) < 4.78 is 32.0. The lowest BCUT2D eigenvalue weighted by Gasteiger charge is -2.31. The molecule has 162 valence electrons. The Morgan fingerprint density at radius 2 is 1.72 bits per heavy atom. The van der Waals surface area contributed by atoms with Gasteiger partial charge in [-0.05, 0) is 52.7 Å². The molecule has 0 aliphatic carbocycles. The van der Waals surface area contributed by atoms with Gasteiger partial charge in [0.2, 0.25) is 15.9 Å². The molecule has 0 spiro atoms. The molecule has 0 aromatic heterocycles. The molecule has 0 atom stereocenters. The molecule has 1 aromatic carbocycles. The highest BCUT2D eigenvalue weighted by molar-refractivity contribution is 7.89. The SMILES string of the molecule is Cc1ccc(S(=O)(=O)N2CCC(NC(=O)CCNC(=O)OC(C)(C)C)CC2)cc1. The summed E-state index contributed by atoms with van der Waals surface area (Å²) in [5.74, 6) is -0.180. The lowest BCUT2D eigenvalue weighted by molar-refractivity contribution is -0.121. The zero-order chi connectivity index (χ0) is 21.7. The fourth-order valence-electron chi connectivity index (χ4n) is 2.99. The van der Waals surface area contributed by atoms with E-state index in [9.17, 15) is 18.0 Å². The Hall–Kier alpha value is -2.13. The predicted octanol–water partition coefficient (Wildman–Crippen LogP) is 2.18. The molecule has 29 heavy (non-hydrogen) atoms. The summed E-state index contributed by atoms with van der Waals surface area (Å²) in [4.78, 5) is 23.9. The van der Waals surface area contributed by atoms with E-state index in [2.05, 4.69) is 10.6 Å². The monoisotopic (exact) mass is 425 g/mol. The fourth-order valence-corrected chi connectivity index (χ4v) is 4.46. The molecule has 2 amide bonds. The molecule has 1 fully saturated rings. The first-order valence-corrected chi connectivity index (χ1v) is 11.2. The van der Waals surface area contributed by atoms with E-state index in [1.807, 2.05) is 6.92 Å². The first-order valence-electron chi connectivity index (χ1n) is 9.80. The molecular weight excluding hydrogens is 394 g/mol. The quantitative estimate of drug-likeness (QED) is 0.727. The summed E-state index contributed by atoms with van der Waals surface area (Å²) >= 11 is 0. The number of carbonyl (C=O) groups is 2. The Bertz CT molecular complexity index is 808. The van der Waals surface area contributed by atoms with E-state index in [1.54, 1.807) is 45.0 Å². The normalized spacial score (nSPS) is 16.3. The standard InChI is InChI=1S/C20H31N3O5S/c1-15-5-7-17(8-6-15)29(26,27)23-13-10-16(11-14-23)22-18(24)9-12-21-19(25)28-20(2,3)4/h5-8,16H,9-14H2,1-4H3,(H,21,25)(H,22,24). The molecular formula is C20H31N3O5S. The van der Waals surface area contributed by atoms with Crippen molar-refractivity contribution < 1.29 is 22.7 Å². The van der Waals surface area contributed by atoms with Crippen LogP contribution in [0.4, 0.5) is 4.79 Å². The number of piperidine rings is 1. The van der Waals surface area contributed by atoms with Gasteiger partial charge in [-0.15, -0.1) is 0 Å². The molecule has 1 aliphatic heterocycles. The molecule has 1 saturated heterocycles. The average molecular weight is 426 g/mol. The van der Waals surface area contributed by atoms with Gasteiger partial charge in [-0.2, -0.15) is 4.31 Å². The van der Waals surface area contributed by atoms with Gasteiger partial charge in [-0.25, -0.2) is 13.2 Å². The highest BCUT2D eigenvalue weighted by Gasteiger charge is 2.29. The summed E-state index contributed by atoms with van der Waals surface area (Å²) in [6.45, 7) is 8.11. The molecule has 1 heterocycles. The maximum atomic E-state index is 12.7. The molecule has 0 unspecified atom stereocenters. The minimum Gasteiger partial charge on any atom is -0.444 e. The second-order valence-corrected chi connectivity index (χ2v) is 10.2. The van der Waals surface area contributed by atoms with Crippen LogP contribution in [0.25, 0.3) is 0 Å². The molecule has 9 heteroatoms. The summed E-state index contributed by atoms with van der Waals surface area (Å²) in [6, 6.07) is 6.73. The largest absolute Gasteiger partial charge is 0.444 e. The smallest absolute Gasteiger partial charge is 0.407 e. The fraction of sp³-hybridized carbons (Fsp3) is 0.600. The van der Waals surface area contributed by atoms with Gasteiger partial charge in [0.1, 0.15) is 5.60 Å². The number of sulfonamides is 1. The number of hydrogen-bond acceptors (Lipinski definition) is 5. The Morgan fingerprint density at radius 1 is 1.14 bits per heavy atom. The van der Waals surface area contributed by atoms with Crippen LogP contribution in [0, 0.1) is 6.92 Å². The van der Waals surface area contributed by atoms with Crippen LogP contribution in [-0.2, 0) is 19.6 Å². The van der Waals surface area contributed by atoms with E-state index < -0.39 is 21.7 Å². The third kappa shape index (κ3) is 7.32. The first kappa shape index (κ1) is 23.2. The minimum atomic E-state index is -3.51. The minimum absolute atomic E-state index is 0.0755. The van der Waals surface area contributed by atoms with E-state index in [1.165, 1.54) is 4.31 Å². The van der Waals surface area contributed by atoms with Gasteiger partial charge in [-0.3, -0.25) is 4.79 Å². The molecule has 1 aromatic rings. The van der Waals surface area contributed by atoms with Crippen LogP contribution in [0.15, 0.2) is 29.2 Å². The van der Waals surface area contributed by atoms with Crippen molar-refractivity contribution in [1.82, 2.24) is 14.9 Å². The third-order valence-corrected chi connectivity index (χ3v) is 6.41. The summed E-state index contributed by atoms with van der Waals surface area (Å²) in [5, 5.41) is 5.45. The number of hydrogen-bond donors (Lipinski definition) is 2. The maximum Gasteiger partial charge on any atom is 0.407 e. The Balaban J connectivity index is 1.74. The van der Waals surface area contributed by atoms with Crippen molar-refractivity contribution in [3.05, 3.63) is 29.8 Å².